The van der Waals surface area contributed by atoms with Crippen molar-refractivity contribution < 1.29 is 9.59 Å². The minimum Gasteiger partial charge on any atom is -0.370 e. The standard InChI is InChI=1S/C19H20N4O2/c1-13(24)22-16-9-5-15(6-10-16)19(25)23-17-7-3-14(4-8-17)18-20-11-2-12-21-18/h3-10H,2,11-12H2,1H3,(H,20,21)(H,22,24)(H,23,25). The van der Waals surface area contributed by atoms with E-state index in [1.54, 1.807) is 24.3 Å². The third-order valence-corrected chi connectivity index (χ3v) is 3.78. The van der Waals surface area contributed by atoms with Gasteiger partial charge in [-0.1, -0.05) is 0 Å². The molecule has 2 amide bonds. The van der Waals surface area contributed by atoms with Crippen molar-refractivity contribution in [2.75, 3.05) is 23.7 Å². The predicted molar refractivity (Wildman–Crippen MR) is 99.2 cm³/mol. The average Bonchev–Trinajstić information content (AvgIpc) is 2.63. The Morgan fingerprint density at radius 3 is 2.20 bits per heavy atom. The zero-order chi connectivity index (χ0) is 17.6. The van der Waals surface area contributed by atoms with Crippen LogP contribution in [-0.4, -0.2) is 30.7 Å². The summed E-state index contributed by atoms with van der Waals surface area (Å²) in [6.07, 6.45) is 1.05. The molecule has 25 heavy (non-hydrogen) atoms. The minimum absolute atomic E-state index is 0.144. The molecule has 0 radical (unpaired) electrons. The quantitative estimate of drug-likeness (QED) is 0.803. The zero-order valence-electron chi connectivity index (χ0n) is 14.0. The lowest BCUT2D eigenvalue weighted by molar-refractivity contribution is -0.114. The summed E-state index contributed by atoms with van der Waals surface area (Å²) in [5, 5.41) is 8.81. The highest BCUT2D eigenvalue weighted by atomic mass is 16.2. The maximum absolute atomic E-state index is 12.3. The van der Waals surface area contributed by atoms with E-state index in [1.165, 1.54) is 6.92 Å². The van der Waals surface area contributed by atoms with E-state index >= 15 is 0 Å². The lowest BCUT2D eigenvalue weighted by Gasteiger charge is -2.15. The van der Waals surface area contributed by atoms with Gasteiger partial charge in [-0.15, -0.1) is 0 Å². The molecule has 0 aliphatic carbocycles. The molecule has 1 heterocycles. The van der Waals surface area contributed by atoms with E-state index in [0.29, 0.717) is 11.3 Å². The van der Waals surface area contributed by atoms with Gasteiger partial charge in [0, 0.05) is 42.5 Å². The summed E-state index contributed by atoms with van der Waals surface area (Å²) in [6, 6.07) is 14.3. The van der Waals surface area contributed by atoms with Gasteiger partial charge in [0.2, 0.25) is 5.91 Å². The first kappa shape index (κ1) is 16.7. The Morgan fingerprint density at radius 2 is 1.60 bits per heavy atom. The molecule has 6 heteroatoms. The summed E-state index contributed by atoms with van der Waals surface area (Å²) in [4.78, 5) is 27.8. The second kappa shape index (κ2) is 7.61. The van der Waals surface area contributed by atoms with Crippen LogP contribution in [0.1, 0.15) is 29.3 Å². The van der Waals surface area contributed by atoms with Crippen molar-refractivity contribution >= 4 is 29.0 Å². The van der Waals surface area contributed by atoms with Crippen molar-refractivity contribution in [1.29, 1.82) is 0 Å². The average molecular weight is 336 g/mol. The summed E-state index contributed by atoms with van der Waals surface area (Å²) < 4.78 is 0. The Hall–Kier alpha value is -3.15. The number of anilines is 2. The lowest BCUT2D eigenvalue weighted by atomic mass is 10.1. The number of rotatable bonds is 4. The predicted octanol–water partition coefficient (Wildman–Crippen LogP) is 2.64. The van der Waals surface area contributed by atoms with Gasteiger partial charge in [0.05, 0.1) is 0 Å². The van der Waals surface area contributed by atoms with Crippen LogP contribution in [0.15, 0.2) is 53.5 Å². The van der Waals surface area contributed by atoms with Gasteiger partial charge in [-0.2, -0.15) is 0 Å². The molecule has 0 fully saturated rings. The van der Waals surface area contributed by atoms with Crippen molar-refractivity contribution in [2.24, 2.45) is 4.99 Å². The maximum Gasteiger partial charge on any atom is 0.255 e. The molecule has 0 saturated carbocycles. The Bertz CT molecular complexity index is 795. The van der Waals surface area contributed by atoms with Gasteiger partial charge in [0.15, 0.2) is 0 Å². The number of nitrogens with zero attached hydrogens (tertiary/aromatic N) is 1. The van der Waals surface area contributed by atoms with Crippen molar-refractivity contribution in [1.82, 2.24) is 5.32 Å². The fraction of sp³-hybridized carbons (Fsp3) is 0.211. The second-order valence-corrected chi connectivity index (χ2v) is 5.80. The van der Waals surface area contributed by atoms with Crippen LogP contribution in [0.25, 0.3) is 0 Å². The van der Waals surface area contributed by atoms with Gasteiger partial charge in [-0.25, -0.2) is 0 Å². The number of benzene rings is 2. The molecule has 0 unspecified atom stereocenters. The summed E-state index contributed by atoms with van der Waals surface area (Å²) in [5.74, 6) is 0.558. The lowest BCUT2D eigenvalue weighted by Crippen LogP contribution is -2.30. The van der Waals surface area contributed by atoms with E-state index in [4.69, 9.17) is 0 Å². The zero-order valence-corrected chi connectivity index (χ0v) is 14.0. The second-order valence-electron chi connectivity index (χ2n) is 5.80. The van der Waals surface area contributed by atoms with E-state index < -0.39 is 0 Å². The molecule has 2 aromatic rings. The van der Waals surface area contributed by atoms with E-state index in [9.17, 15) is 9.59 Å². The summed E-state index contributed by atoms with van der Waals surface area (Å²) >= 11 is 0. The molecular formula is C19H20N4O2. The summed E-state index contributed by atoms with van der Waals surface area (Å²) in [7, 11) is 0. The number of nitrogens with one attached hydrogen (secondary N) is 3. The molecule has 6 nitrogen and oxygen atoms in total. The molecule has 1 aliphatic rings. The van der Waals surface area contributed by atoms with E-state index in [2.05, 4.69) is 20.9 Å². The molecule has 1 aliphatic heterocycles. The molecule has 3 N–H and O–H groups in total. The molecular weight excluding hydrogens is 316 g/mol. The fourth-order valence-electron chi connectivity index (χ4n) is 2.55. The minimum atomic E-state index is -0.199. The Morgan fingerprint density at radius 1 is 0.960 bits per heavy atom. The molecule has 0 spiro atoms. The van der Waals surface area contributed by atoms with Crippen molar-refractivity contribution in [2.45, 2.75) is 13.3 Å². The first-order valence-electron chi connectivity index (χ1n) is 8.19. The molecule has 0 aromatic heterocycles. The monoisotopic (exact) mass is 336 g/mol. The van der Waals surface area contributed by atoms with E-state index in [0.717, 1.165) is 36.6 Å². The highest BCUT2D eigenvalue weighted by molar-refractivity contribution is 6.05. The fourth-order valence-corrected chi connectivity index (χ4v) is 2.55. The SMILES string of the molecule is CC(=O)Nc1ccc(C(=O)Nc2ccc(C3=NCCCN3)cc2)cc1. The first-order chi connectivity index (χ1) is 12.1. The van der Waals surface area contributed by atoms with Crippen molar-refractivity contribution in [3.8, 4) is 0 Å². The highest BCUT2D eigenvalue weighted by Gasteiger charge is 2.09. The Kier molecular flexibility index (Phi) is 5.09. The maximum atomic E-state index is 12.3. The van der Waals surface area contributed by atoms with Gasteiger partial charge in [0.1, 0.15) is 5.84 Å². The number of hydrogen-bond acceptors (Lipinski definition) is 4. The summed E-state index contributed by atoms with van der Waals surface area (Å²) in [5.41, 5.74) is 2.92. The first-order valence-corrected chi connectivity index (χ1v) is 8.19. The smallest absolute Gasteiger partial charge is 0.255 e. The van der Waals surface area contributed by atoms with Crippen LogP contribution in [0.2, 0.25) is 0 Å². The van der Waals surface area contributed by atoms with Crippen LogP contribution < -0.4 is 16.0 Å². The molecule has 128 valence electrons. The van der Waals surface area contributed by atoms with Gasteiger partial charge >= 0.3 is 0 Å². The van der Waals surface area contributed by atoms with Crippen LogP contribution in [0.4, 0.5) is 11.4 Å². The molecule has 0 bridgehead atoms. The molecule has 0 saturated heterocycles. The number of carbonyl (C=O) groups excluding carboxylic acids is 2. The van der Waals surface area contributed by atoms with Crippen molar-refractivity contribution in [3.05, 3.63) is 59.7 Å². The van der Waals surface area contributed by atoms with Crippen LogP contribution >= 0.6 is 0 Å². The number of amidine groups is 1. The third-order valence-electron chi connectivity index (χ3n) is 3.78. The van der Waals surface area contributed by atoms with Gasteiger partial charge in [0.25, 0.3) is 5.91 Å². The van der Waals surface area contributed by atoms with Gasteiger partial charge in [-0.05, 0) is 55.0 Å². The Labute approximate surface area is 146 Å². The van der Waals surface area contributed by atoms with Gasteiger partial charge in [-0.3, -0.25) is 14.6 Å². The molecule has 0 atom stereocenters. The highest BCUT2D eigenvalue weighted by Crippen LogP contribution is 2.14. The number of aliphatic imine (C=N–C) groups is 1. The van der Waals surface area contributed by atoms with Crippen LogP contribution in [0.3, 0.4) is 0 Å². The van der Waals surface area contributed by atoms with E-state index in [1.807, 2.05) is 24.3 Å². The Balaban J connectivity index is 1.64. The largest absolute Gasteiger partial charge is 0.370 e. The van der Waals surface area contributed by atoms with Crippen LogP contribution in [0, 0.1) is 0 Å². The van der Waals surface area contributed by atoms with Crippen molar-refractivity contribution in [3.63, 3.8) is 0 Å². The normalized spacial score (nSPS) is 13.4. The van der Waals surface area contributed by atoms with E-state index in [-0.39, 0.29) is 11.8 Å². The molecule has 2 aromatic carbocycles. The van der Waals surface area contributed by atoms with Gasteiger partial charge < -0.3 is 16.0 Å². The van der Waals surface area contributed by atoms with Crippen LogP contribution in [-0.2, 0) is 4.79 Å². The van der Waals surface area contributed by atoms with Crippen LogP contribution in [0.5, 0.6) is 0 Å². The molecule has 3 rings (SSSR count). The number of carbonyl (C=O) groups is 2. The summed E-state index contributed by atoms with van der Waals surface area (Å²) in [6.45, 7) is 3.22. The number of amides is 2. The third kappa shape index (κ3) is 4.44. The number of hydrogen-bond donors (Lipinski definition) is 3. The topological polar surface area (TPSA) is 82.6 Å².